The molecular weight excluding hydrogens is 316 g/mol. The van der Waals surface area contributed by atoms with E-state index in [1.807, 2.05) is 0 Å². The number of anilines is 1. The largest absolute Gasteiger partial charge is 0.465 e. The van der Waals surface area contributed by atoms with Gasteiger partial charge in [0.15, 0.2) is 11.6 Å². The van der Waals surface area contributed by atoms with Gasteiger partial charge in [0.1, 0.15) is 4.90 Å². The number of esters is 1. The fourth-order valence-electron chi connectivity index (χ4n) is 1.75. The maximum Gasteiger partial charge on any atom is 0.339 e. The molecule has 22 heavy (non-hydrogen) atoms. The van der Waals surface area contributed by atoms with E-state index in [0.29, 0.717) is 6.07 Å². The molecule has 5 nitrogen and oxygen atoms in total. The van der Waals surface area contributed by atoms with Gasteiger partial charge in [-0.15, -0.1) is 0 Å². The van der Waals surface area contributed by atoms with E-state index >= 15 is 0 Å². The summed E-state index contributed by atoms with van der Waals surface area (Å²) in [4.78, 5) is 11.3. The lowest BCUT2D eigenvalue weighted by molar-refractivity contribution is 0.0596. The Morgan fingerprint density at radius 2 is 1.77 bits per heavy atom. The van der Waals surface area contributed by atoms with Crippen molar-refractivity contribution in [2.24, 2.45) is 0 Å². The van der Waals surface area contributed by atoms with Gasteiger partial charge in [-0.3, -0.25) is 4.72 Å². The summed E-state index contributed by atoms with van der Waals surface area (Å²) in [6, 6.07) is 7.94. The summed E-state index contributed by atoms with van der Waals surface area (Å²) in [5, 5.41) is 0. The van der Waals surface area contributed by atoms with Gasteiger partial charge in [0.25, 0.3) is 10.0 Å². The van der Waals surface area contributed by atoms with Crippen LogP contribution in [0.25, 0.3) is 0 Å². The molecule has 0 atom stereocenters. The summed E-state index contributed by atoms with van der Waals surface area (Å²) in [6.07, 6.45) is 0. The van der Waals surface area contributed by atoms with Gasteiger partial charge in [-0.2, -0.15) is 0 Å². The number of rotatable bonds is 4. The second-order valence-electron chi connectivity index (χ2n) is 4.22. The molecule has 0 aliphatic carbocycles. The smallest absolute Gasteiger partial charge is 0.339 e. The van der Waals surface area contributed by atoms with E-state index in [9.17, 15) is 22.0 Å². The summed E-state index contributed by atoms with van der Waals surface area (Å²) in [6.45, 7) is 0. The van der Waals surface area contributed by atoms with Crippen molar-refractivity contribution in [3.63, 3.8) is 0 Å². The van der Waals surface area contributed by atoms with Crippen LogP contribution in [0.15, 0.2) is 47.4 Å². The first-order valence-electron chi connectivity index (χ1n) is 6.00. The predicted molar refractivity (Wildman–Crippen MR) is 74.9 cm³/mol. The lowest BCUT2D eigenvalue weighted by atomic mass is 10.2. The molecule has 0 amide bonds. The van der Waals surface area contributed by atoms with Crippen LogP contribution in [-0.2, 0) is 14.8 Å². The van der Waals surface area contributed by atoms with Crippen LogP contribution in [-0.4, -0.2) is 21.5 Å². The minimum absolute atomic E-state index is 0.167. The van der Waals surface area contributed by atoms with Gasteiger partial charge in [0.05, 0.1) is 18.4 Å². The molecule has 2 aromatic rings. The first kappa shape index (κ1) is 15.9. The maximum absolute atomic E-state index is 13.1. The van der Waals surface area contributed by atoms with Crippen LogP contribution in [0.2, 0.25) is 0 Å². The predicted octanol–water partition coefficient (Wildman–Crippen LogP) is 2.55. The lowest BCUT2D eigenvalue weighted by Crippen LogP contribution is -2.17. The molecule has 0 aliphatic rings. The first-order valence-corrected chi connectivity index (χ1v) is 7.48. The third-order valence-corrected chi connectivity index (χ3v) is 4.19. The Balaban J connectivity index is 2.43. The van der Waals surface area contributed by atoms with Gasteiger partial charge in [0.2, 0.25) is 0 Å². The Hall–Kier alpha value is -2.48. The fraction of sp³-hybridized carbons (Fsp3) is 0.0714. The summed E-state index contributed by atoms with van der Waals surface area (Å²) >= 11 is 0. The van der Waals surface area contributed by atoms with Gasteiger partial charge < -0.3 is 4.74 Å². The monoisotopic (exact) mass is 327 g/mol. The van der Waals surface area contributed by atoms with Gasteiger partial charge in [0, 0.05) is 6.07 Å². The lowest BCUT2D eigenvalue weighted by Gasteiger charge is -2.11. The van der Waals surface area contributed by atoms with Crippen molar-refractivity contribution in [3.05, 3.63) is 59.7 Å². The SMILES string of the molecule is COC(=O)c1ccccc1S(=O)(=O)Nc1ccc(F)c(F)c1. The quantitative estimate of drug-likeness (QED) is 0.876. The first-order chi connectivity index (χ1) is 10.3. The zero-order valence-corrected chi connectivity index (χ0v) is 12.2. The molecule has 0 radical (unpaired) electrons. The fourth-order valence-corrected chi connectivity index (χ4v) is 3.00. The maximum atomic E-state index is 13.1. The highest BCUT2D eigenvalue weighted by atomic mass is 32.2. The molecule has 2 rings (SSSR count). The van der Waals surface area contributed by atoms with E-state index in [-0.39, 0.29) is 16.1 Å². The van der Waals surface area contributed by atoms with Gasteiger partial charge in [-0.25, -0.2) is 22.0 Å². The van der Waals surface area contributed by atoms with Crippen LogP contribution < -0.4 is 4.72 Å². The summed E-state index contributed by atoms with van der Waals surface area (Å²) in [7, 11) is -3.05. The Morgan fingerprint density at radius 1 is 1.09 bits per heavy atom. The Morgan fingerprint density at radius 3 is 2.41 bits per heavy atom. The summed E-state index contributed by atoms with van der Waals surface area (Å²) in [5.41, 5.74) is -0.335. The number of methoxy groups -OCH3 is 1. The molecule has 0 fully saturated rings. The van der Waals surface area contributed by atoms with E-state index < -0.39 is 27.6 Å². The van der Waals surface area contributed by atoms with Crippen molar-refractivity contribution < 1.29 is 26.7 Å². The number of hydrogen-bond acceptors (Lipinski definition) is 4. The molecule has 0 unspecified atom stereocenters. The molecule has 0 saturated heterocycles. The highest BCUT2D eigenvalue weighted by Gasteiger charge is 2.23. The number of nitrogens with one attached hydrogen (secondary N) is 1. The Bertz CT molecular complexity index is 821. The molecular formula is C14H11F2NO4S. The molecule has 0 bridgehead atoms. The van der Waals surface area contributed by atoms with Crippen LogP contribution in [0, 0.1) is 11.6 Å². The van der Waals surface area contributed by atoms with Crippen molar-refractivity contribution in [1.29, 1.82) is 0 Å². The van der Waals surface area contributed by atoms with Crippen molar-refractivity contribution in [1.82, 2.24) is 0 Å². The van der Waals surface area contributed by atoms with Gasteiger partial charge in [-0.1, -0.05) is 12.1 Å². The molecule has 2 aromatic carbocycles. The Labute approximate surface area is 125 Å². The number of carbonyl (C=O) groups excluding carboxylic acids is 1. The number of benzene rings is 2. The van der Waals surface area contributed by atoms with Gasteiger partial charge in [-0.05, 0) is 24.3 Å². The second-order valence-corrected chi connectivity index (χ2v) is 5.87. The zero-order chi connectivity index (χ0) is 16.3. The molecule has 0 saturated carbocycles. The molecule has 8 heteroatoms. The average Bonchev–Trinajstić information content (AvgIpc) is 2.50. The van der Waals surface area contributed by atoms with E-state index in [2.05, 4.69) is 9.46 Å². The molecule has 1 N–H and O–H groups in total. The Kier molecular flexibility index (Phi) is 4.41. The molecule has 0 aromatic heterocycles. The van der Waals surface area contributed by atoms with Crippen LogP contribution in [0.3, 0.4) is 0 Å². The van der Waals surface area contributed by atoms with Gasteiger partial charge >= 0.3 is 5.97 Å². The standard InChI is InChI=1S/C14H11F2NO4S/c1-21-14(18)10-4-2-3-5-13(10)22(19,20)17-9-6-7-11(15)12(16)8-9/h2-8,17H,1H3. The molecule has 116 valence electrons. The van der Waals surface area contributed by atoms with Crippen LogP contribution in [0.5, 0.6) is 0 Å². The highest BCUT2D eigenvalue weighted by Crippen LogP contribution is 2.21. The van der Waals surface area contributed by atoms with Crippen molar-refractivity contribution in [2.75, 3.05) is 11.8 Å². The van der Waals surface area contributed by atoms with Crippen LogP contribution in [0.1, 0.15) is 10.4 Å². The number of ether oxygens (including phenoxy) is 1. The highest BCUT2D eigenvalue weighted by molar-refractivity contribution is 7.92. The minimum Gasteiger partial charge on any atom is -0.465 e. The third-order valence-electron chi connectivity index (χ3n) is 2.75. The number of sulfonamides is 1. The van der Waals surface area contributed by atoms with Crippen molar-refractivity contribution in [2.45, 2.75) is 4.90 Å². The zero-order valence-electron chi connectivity index (χ0n) is 11.3. The molecule has 0 spiro atoms. The number of carbonyl (C=O) groups is 1. The van der Waals surface area contributed by atoms with E-state index in [1.54, 1.807) is 0 Å². The normalized spacial score (nSPS) is 11.0. The van der Waals surface area contributed by atoms with Crippen LogP contribution >= 0.6 is 0 Å². The molecule has 0 heterocycles. The van der Waals surface area contributed by atoms with Crippen molar-refractivity contribution >= 4 is 21.7 Å². The average molecular weight is 327 g/mol. The van der Waals surface area contributed by atoms with Crippen LogP contribution in [0.4, 0.5) is 14.5 Å². The second kappa shape index (κ2) is 6.10. The molecule has 0 aliphatic heterocycles. The minimum atomic E-state index is -4.17. The van der Waals surface area contributed by atoms with Crippen molar-refractivity contribution in [3.8, 4) is 0 Å². The topological polar surface area (TPSA) is 72.5 Å². The number of hydrogen-bond donors (Lipinski definition) is 1. The summed E-state index contributed by atoms with van der Waals surface area (Å²) in [5.74, 6) is -3.12. The number of halogens is 2. The summed E-state index contributed by atoms with van der Waals surface area (Å²) < 4.78 is 57.2. The van der Waals surface area contributed by atoms with E-state index in [1.165, 1.54) is 24.3 Å². The van der Waals surface area contributed by atoms with E-state index in [0.717, 1.165) is 19.2 Å². The third kappa shape index (κ3) is 3.22. The van der Waals surface area contributed by atoms with E-state index in [4.69, 9.17) is 0 Å².